The zero-order valence-corrected chi connectivity index (χ0v) is 16.5. The molecular weight excluding hydrogens is 360 g/mol. The lowest BCUT2D eigenvalue weighted by Gasteiger charge is -2.30. The maximum absolute atomic E-state index is 12.4. The van der Waals surface area contributed by atoms with Crippen LogP contribution in [0.25, 0.3) is 11.1 Å². The van der Waals surface area contributed by atoms with Crippen LogP contribution in [0.4, 0.5) is 4.79 Å². The molecule has 3 N–H and O–H groups in total. The number of ether oxygens (including phenoxy) is 1. The van der Waals surface area contributed by atoms with Crippen LogP contribution in [0.3, 0.4) is 0 Å². The summed E-state index contributed by atoms with van der Waals surface area (Å²) in [5.41, 5.74) is 10.1. The largest absolute Gasteiger partial charge is 0.449 e. The van der Waals surface area contributed by atoms with Crippen LogP contribution in [0.15, 0.2) is 48.5 Å². The maximum atomic E-state index is 12.4. The molecular formula is C21H24N2O3S. The first-order valence-electron chi connectivity index (χ1n) is 8.81. The van der Waals surface area contributed by atoms with Crippen molar-refractivity contribution in [3.05, 3.63) is 59.7 Å². The zero-order valence-electron chi connectivity index (χ0n) is 15.7. The Balaban J connectivity index is 1.73. The van der Waals surface area contributed by atoms with Crippen LogP contribution in [0.2, 0.25) is 0 Å². The second-order valence-electron chi connectivity index (χ2n) is 7.11. The van der Waals surface area contributed by atoms with Gasteiger partial charge in [0.2, 0.25) is 5.91 Å². The van der Waals surface area contributed by atoms with E-state index in [2.05, 4.69) is 29.6 Å². The Hall–Kier alpha value is -2.47. The molecule has 0 spiro atoms. The van der Waals surface area contributed by atoms with Crippen molar-refractivity contribution >= 4 is 23.8 Å². The Bertz CT molecular complexity index is 821. The van der Waals surface area contributed by atoms with Crippen molar-refractivity contribution in [2.45, 2.75) is 30.6 Å². The molecule has 0 bridgehead atoms. The third-order valence-corrected chi connectivity index (χ3v) is 6.40. The molecule has 142 valence electrons. The van der Waals surface area contributed by atoms with Crippen molar-refractivity contribution in [3.8, 4) is 11.1 Å². The zero-order chi connectivity index (χ0) is 19.6. The van der Waals surface area contributed by atoms with Gasteiger partial charge in [-0.1, -0.05) is 48.5 Å². The topological polar surface area (TPSA) is 81.4 Å². The van der Waals surface area contributed by atoms with Gasteiger partial charge in [-0.05, 0) is 42.4 Å². The predicted molar refractivity (Wildman–Crippen MR) is 109 cm³/mol. The molecule has 0 aliphatic heterocycles. The molecule has 3 rings (SSSR count). The van der Waals surface area contributed by atoms with E-state index in [0.29, 0.717) is 0 Å². The number of carbonyl (C=O) groups excluding carboxylic acids is 2. The van der Waals surface area contributed by atoms with Gasteiger partial charge >= 0.3 is 6.09 Å². The van der Waals surface area contributed by atoms with Gasteiger partial charge in [0.1, 0.15) is 12.6 Å². The fraction of sp³-hybridized carbons (Fsp3) is 0.333. The number of benzene rings is 2. The molecule has 0 fully saturated rings. The van der Waals surface area contributed by atoms with Crippen LogP contribution < -0.4 is 11.1 Å². The molecule has 0 radical (unpaired) electrons. The number of carbonyl (C=O) groups is 2. The minimum atomic E-state index is -0.817. The molecule has 0 heterocycles. The van der Waals surface area contributed by atoms with Crippen LogP contribution >= 0.6 is 11.8 Å². The Morgan fingerprint density at radius 2 is 1.63 bits per heavy atom. The quantitative estimate of drug-likeness (QED) is 0.798. The Morgan fingerprint density at radius 1 is 1.11 bits per heavy atom. The summed E-state index contributed by atoms with van der Waals surface area (Å²) in [4.78, 5) is 24.1. The molecule has 0 unspecified atom stereocenters. The number of rotatable bonds is 6. The van der Waals surface area contributed by atoms with Gasteiger partial charge in [-0.2, -0.15) is 11.8 Å². The summed E-state index contributed by atoms with van der Waals surface area (Å²) in [5.74, 6) is -0.605. The fourth-order valence-corrected chi connectivity index (χ4v) is 3.87. The van der Waals surface area contributed by atoms with Crippen molar-refractivity contribution in [1.29, 1.82) is 0 Å². The van der Waals surface area contributed by atoms with Gasteiger partial charge in [0.05, 0.1) is 0 Å². The van der Waals surface area contributed by atoms with E-state index in [-0.39, 0.29) is 12.5 Å². The van der Waals surface area contributed by atoms with Crippen LogP contribution in [0.5, 0.6) is 0 Å². The van der Waals surface area contributed by atoms with E-state index in [9.17, 15) is 9.59 Å². The third-order valence-electron chi connectivity index (χ3n) is 5.11. The number of hydrogen-bond donors (Lipinski definition) is 2. The number of fused-ring (bicyclic) bond motifs is 3. The van der Waals surface area contributed by atoms with Gasteiger partial charge in [-0.15, -0.1) is 0 Å². The summed E-state index contributed by atoms with van der Waals surface area (Å²) >= 11 is 1.46. The van der Waals surface area contributed by atoms with E-state index in [1.54, 1.807) is 0 Å². The smallest absolute Gasteiger partial charge is 0.407 e. The molecule has 0 saturated carbocycles. The summed E-state index contributed by atoms with van der Waals surface area (Å²) in [6.45, 7) is 3.92. The van der Waals surface area contributed by atoms with E-state index in [0.717, 1.165) is 11.1 Å². The van der Waals surface area contributed by atoms with Gasteiger partial charge < -0.3 is 15.8 Å². The minimum Gasteiger partial charge on any atom is -0.449 e. The number of primary amides is 1. The molecule has 2 aromatic carbocycles. The number of nitrogens with one attached hydrogen (secondary N) is 1. The van der Waals surface area contributed by atoms with E-state index >= 15 is 0 Å². The second-order valence-corrected chi connectivity index (χ2v) is 8.57. The fourth-order valence-electron chi connectivity index (χ4n) is 3.46. The molecule has 5 nitrogen and oxygen atoms in total. The van der Waals surface area contributed by atoms with E-state index in [4.69, 9.17) is 10.5 Å². The van der Waals surface area contributed by atoms with Crippen LogP contribution in [0, 0.1) is 0 Å². The van der Waals surface area contributed by atoms with Gasteiger partial charge in [0.25, 0.3) is 0 Å². The number of nitrogens with two attached hydrogens (primary N) is 1. The SMILES string of the molecule is CSC(C)(C)[C@H](NC(=O)OCC1c2ccccc2-c2ccccc21)C(N)=O. The van der Waals surface area contributed by atoms with Crippen molar-refractivity contribution in [3.63, 3.8) is 0 Å². The van der Waals surface area contributed by atoms with Gasteiger partial charge in [0, 0.05) is 10.7 Å². The highest BCUT2D eigenvalue weighted by Gasteiger charge is 2.35. The monoisotopic (exact) mass is 384 g/mol. The van der Waals surface area contributed by atoms with E-state index < -0.39 is 22.8 Å². The molecule has 2 amide bonds. The highest BCUT2D eigenvalue weighted by molar-refractivity contribution is 8.00. The molecule has 6 heteroatoms. The number of amides is 2. The molecule has 1 aliphatic rings. The summed E-state index contributed by atoms with van der Waals surface area (Å²) in [6.07, 6.45) is 1.23. The van der Waals surface area contributed by atoms with Crippen molar-refractivity contribution in [1.82, 2.24) is 5.32 Å². The molecule has 1 atom stereocenters. The van der Waals surface area contributed by atoms with Crippen LogP contribution in [-0.2, 0) is 9.53 Å². The number of thioether (sulfide) groups is 1. The first kappa shape index (κ1) is 19.3. The van der Waals surface area contributed by atoms with Gasteiger partial charge in [-0.25, -0.2) is 4.79 Å². The highest BCUT2D eigenvalue weighted by Crippen LogP contribution is 2.44. The lowest BCUT2D eigenvalue weighted by molar-refractivity contribution is -0.120. The summed E-state index contributed by atoms with van der Waals surface area (Å²) in [5, 5.41) is 2.62. The lowest BCUT2D eigenvalue weighted by atomic mass is 9.98. The molecule has 0 saturated heterocycles. The normalized spacial score (nSPS) is 14.2. The second kappa shape index (κ2) is 7.64. The Kier molecular flexibility index (Phi) is 5.46. The number of alkyl carbamates (subject to hydrolysis) is 1. The molecule has 1 aliphatic carbocycles. The first-order valence-corrected chi connectivity index (χ1v) is 10.0. The molecule has 0 aromatic heterocycles. The van der Waals surface area contributed by atoms with Crippen molar-refractivity contribution in [2.75, 3.05) is 12.9 Å². The standard InChI is InChI=1S/C21H24N2O3S/c1-21(2,27-3)18(19(22)24)23-20(25)26-12-17-15-10-6-4-8-13(15)14-9-5-7-11-16(14)17/h4-11,17-18H,12H2,1-3H3,(H2,22,24)(H,23,25)/t18-/m1/s1. The van der Waals surface area contributed by atoms with Crippen LogP contribution in [-0.4, -0.2) is 35.7 Å². The molecule has 2 aromatic rings. The third kappa shape index (κ3) is 3.81. The van der Waals surface area contributed by atoms with E-state index in [1.165, 1.54) is 22.9 Å². The Labute approximate surface area is 163 Å². The lowest BCUT2D eigenvalue weighted by Crippen LogP contribution is -2.55. The average Bonchev–Trinajstić information content (AvgIpc) is 2.98. The predicted octanol–water partition coefficient (Wildman–Crippen LogP) is 3.52. The van der Waals surface area contributed by atoms with Crippen molar-refractivity contribution in [2.24, 2.45) is 5.73 Å². The summed E-state index contributed by atoms with van der Waals surface area (Å²) in [6, 6.07) is 15.5. The Morgan fingerprint density at radius 3 is 2.11 bits per heavy atom. The first-order chi connectivity index (χ1) is 12.8. The van der Waals surface area contributed by atoms with Gasteiger partial charge in [-0.3, -0.25) is 4.79 Å². The average molecular weight is 385 g/mol. The number of hydrogen-bond acceptors (Lipinski definition) is 4. The molecule has 27 heavy (non-hydrogen) atoms. The summed E-state index contributed by atoms with van der Waals surface area (Å²) < 4.78 is 4.96. The van der Waals surface area contributed by atoms with Crippen molar-refractivity contribution < 1.29 is 14.3 Å². The maximum Gasteiger partial charge on any atom is 0.407 e. The van der Waals surface area contributed by atoms with Gasteiger partial charge in [0.15, 0.2) is 0 Å². The van der Waals surface area contributed by atoms with E-state index in [1.807, 2.05) is 44.4 Å². The minimum absolute atomic E-state index is 0.0243. The van der Waals surface area contributed by atoms with Crippen LogP contribution in [0.1, 0.15) is 30.9 Å². The summed E-state index contributed by atoms with van der Waals surface area (Å²) in [7, 11) is 0. The highest BCUT2D eigenvalue weighted by atomic mass is 32.2.